The molecule has 29 heavy (non-hydrogen) atoms. The lowest BCUT2D eigenvalue weighted by Gasteiger charge is -2.37. The van der Waals surface area contributed by atoms with Gasteiger partial charge in [-0.25, -0.2) is 5.01 Å². The molecule has 0 radical (unpaired) electrons. The van der Waals surface area contributed by atoms with Crippen LogP contribution in [0.2, 0.25) is 5.02 Å². The number of Topliss-reactive ketones (excluding diaryl/α,β-unsaturated/α-hetero) is 1. The number of hydrogen-bond donors (Lipinski definition) is 0. The highest BCUT2D eigenvalue weighted by Crippen LogP contribution is 2.44. The molecule has 2 aliphatic rings. The molecule has 2 aliphatic heterocycles. The van der Waals surface area contributed by atoms with Gasteiger partial charge in [-0.15, -0.1) is 0 Å². The van der Waals surface area contributed by atoms with Crippen molar-refractivity contribution in [2.75, 3.05) is 0 Å². The lowest BCUT2D eigenvalue weighted by Crippen LogP contribution is -2.45. The average Bonchev–Trinajstić information content (AvgIpc) is 3.20. The fraction of sp³-hybridized carbons (Fsp3) is 0.130. The van der Waals surface area contributed by atoms with E-state index in [1.165, 1.54) is 0 Å². The lowest BCUT2D eigenvalue weighted by molar-refractivity contribution is -0.00459. The van der Waals surface area contributed by atoms with Gasteiger partial charge in [-0.1, -0.05) is 70.0 Å². The molecule has 144 valence electrons. The number of fused-ring (bicyclic) bond motifs is 3. The van der Waals surface area contributed by atoms with Gasteiger partial charge < -0.3 is 4.74 Å². The minimum atomic E-state index is -0.805. The van der Waals surface area contributed by atoms with Gasteiger partial charge in [0.2, 0.25) is 5.78 Å². The molecule has 5 rings (SSSR count). The molecule has 3 aromatic carbocycles. The highest BCUT2D eigenvalue weighted by Gasteiger charge is 2.43. The molecule has 4 nitrogen and oxygen atoms in total. The zero-order chi connectivity index (χ0) is 20.0. The summed E-state index contributed by atoms with van der Waals surface area (Å²) >= 11 is 9.58. The maximum Gasteiger partial charge on any atom is 0.251 e. The molecule has 0 saturated carbocycles. The SMILES string of the molecule is O=C(c1ccccc1)[C@H]1Oc2ccc(Br)cc2[C@@H]2CC(c3ccc(Cl)cc3)=NN12. The first kappa shape index (κ1) is 18.4. The molecule has 0 unspecified atom stereocenters. The van der Waals surface area contributed by atoms with Crippen molar-refractivity contribution in [2.45, 2.75) is 18.7 Å². The van der Waals surface area contributed by atoms with Crippen LogP contribution in [0.15, 0.2) is 82.4 Å². The second-order valence-corrected chi connectivity index (χ2v) is 8.39. The molecule has 0 N–H and O–H groups in total. The molecular weight excluding hydrogens is 452 g/mol. The third-order valence-corrected chi connectivity index (χ3v) is 5.96. The van der Waals surface area contributed by atoms with E-state index >= 15 is 0 Å². The Hall–Kier alpha value is -2.63. The number of carbonyl (C=O) groups is 1. The average molecular weight is 468 g/mol. The van der Waals surface area contributed by atoms with Crippen molar-refractivity contribution < 1.29 is 9.53 Å². The first-order chi connectivity index (χ1) is 14.1. The molecular formula is C23H16BrClN2O2. The molecule has 0 aliphatic carbocycles. The molecule has 2 heterocycles. The van der Waals surface area contributed by atoms with Crippen LogP contribution in [0, 0.1) is 0 Å². The number of halogens is 2. The van der Waals surface area contributed by atoms with Crippen molar-refractivity contribution in [3.8, 4) is 5.75 Å². The summed E-state index contributed by atoms with van der Waals surface area (Å²) < 4.78 is 7.11. The zero-order valence-electron chi connectivity index (χ0n) is 15.3. The monoisotopic (exact) mass is 466 g/mol. The van der Waals surface area contributed by atoms with Crippen LogP contribution in [0.1, 0.15) is 33.9 Å². The van der Waals surface area contributed by atoms with E-state index in [1.807, 2.05) is 60.7 Å². The largest absolute Gasteiger partial charge is 0.461 e. The molecule has 2 atom stereocenters. The Morgan fingerprint density at radius 1 is 1.07 bits per heavy atom. The summed E-state index contributed by atoms with van der Waals surface area (Å²) in [4.78, 5) is 13.2. The molecule has 0 amide bonds. The van der Waals surface area contributed by atoms with Crippen LogP contribution in [0.4, 0.5) is 0 Å². The minimum absolute atomic E-state index is 0.0698. The van der Waals surface area contributed by atoms with E-state index in [2.05, 4.69) is 15.9 Å². The van der Waals surface area contributed by atoms with E-state index in [0.29, 0.717) is 17.0 Å². The van der Waals surface area contributed by atoms with Crippen molar-refractivity contribution in [1.82, 2.24) is 5.01 Å². The number of hydrazone groups is 1. The number of nitrogens with zero attached hydrogens (tertiary/aromatic N) is 2. The normalized spacial score (nSPS) is 19.8. The summed E-state index contributed by atoms with van der Waals surface area (Å²) in [6.45, 7) is 0. The summed E-state index contributed by atoms with van der Waals surface area (Å²) in [6.07, 6.45) is -0.117. The Morgan fingerprint density at radius 3 is 2.59 bits per heavy atom. The van der Waals surface area contributed by atoms with Crippen molar-refractivity contribution in [2.24, 2.45) is 5.10 Å². The van der Waals surface area contributed by atoms with Crippen LogP contribution in [-0.2, 0) is 0 Å². The summed E-state index contributed by atoms with van der Waals surface area (Å²) in [5, 5.41) is 7.29. The fourth-order valence-corrected chi connectivity index (χ4v) is 4.30. The van der Waals surface area contributed by atoms with E-state index in [1.54, 1.807) is 17.1 Å². The second-order valence-electron chi connectivity index (χ2n) is 7.04. The van der Waals surface area contributed by atoms with Crippen LogP contribution in [0.5, 0.6) is 5.75 Å². The summed E-state index contributed by atoms with van der Waals surface area (Å²) in [5.74, 6) is 0.613. The molecule has 3 aromatic rings. The van der Waals surface area contributed by atoms with Crippen molar-refractivity contribution in [1.29, 1.82) is 0 Å². The summed E-state index contributed by atoms with van der Waals surface area (Å²) in [5.41, 5.74) is 3.52. The van der Waals surface area contributed by atoms with Crippen molar-refractivity contribution >= 4 is 39.0 Å². The van der Waals surface area contributed by atoms with Crippen LogP contribution in [-0.4, -0.2) is 22.7 Å². The Labute approximate surface area is 181 Å². The van der Waals surface area contributed by atoms with Crippen LogP contribution in [0.3, 0.4) is 0 Å². The van der Waals surface area contributed by atoms with Gasteiger partial charge in [-0.3, -0.25) is 4.79 Å². The third kappa shape index (κ3) is 3.34. The molecule has 0 saturated heterocycles. The molecule has 0 fully saturated rings. The summed E-state index contributed by atoms with van der Waals surface area (Å²) in [7, 11) is 0. The number of carbonyl (C=O) groups excluding carboxylic acids is 1. The lowest BCUT2D eigenvalue weighted by atomic mass is 9.96. The minimum Gasteiger partial charge on any atom is -0.461 e. The van der Waals surface area contributed by atoms with Crippen LogP contribution >= 0.6 is 27.5 Å². The van der Waals surface area contributed by atoms with E-state index in [4.69, 9.17) is 21.4 Å². The Bertz CT molecular complexity index is 1120. The van der Waals surface area contributed by atoms with E-state index in [-0.39, 0.29) is 11.8 Å². The second kappa shape index (κ2) is 7.32. The maximum atomic E-state index is 13.2. The predicted octanol–water partition coefficient (Wildman–Crippen LogP) is 5.86. The Morgan fingerprint density at radius 2 is 1.83 bits per heavy atom. The fourth-order valence-electron chi connectivity index (χ4n) is 3.79. The van der Waals surface area contributed by atoms with Gasteiger partial charge in [0.05, 0.1) is 11.8 Å². The van der Waals surface area contributed by atoms with Crippen LogP contribution < -0.4 is 4.74 Å². The molecule has 6 heteroatoms. The number of benzene rings is 3. The zero-order valence-corrected chi connectivity index (χ0v) is 17.6. The number of hydrogen-bond acceptors (Lipinski definition) is 4. The third-order valence-electron chi connectivity index (χ3n) is 5.21. The van der Waals surface area contributed by atoms with Gasteiger partial charge in [-0.2, -0.15) is 5.10 Å². The predicted molar refractivity (Wildman–Crippen MR) is 117 cm³/mol. The smallest absolute Gasteiger partial charge is 0.251 e. The quantitative estimate of drug-likeness (QED) is 0.453. The Balaban J connectivity index is 1.58. The van der Waals surface area contributed by atoms with Gasteiger partial charge in [0.15, 0.2) is 0 Å². The summed E-state index contributed by atoms with van der Waals surface area (Å²) in [6, 6.07) is 22.6. The maximum absolute atomic E-state index is 13.2. The van der Waals surface area contributed by atoms with Gasteiger partial charge in [-0.05, 0) is 35.9 Å². The standard InChI is InChI=1S/C23H16BrClN2O2/c24-16-8-11-21-18(12-16)20-13-19(14-6-9-17(25)10-7-14)26-27(20)23(29-21)22(28)15-4-2-1-3-5-15/h1-12,20,23H,13H2/t20-,23+/m0/s1. The number of ether oxygens (including phenoxy) is 1. The topological polar surface area (TPSA) is 41.9 Å². The van der Waals surface area contributed by atoms with E-state index in [9.17, 15) is 4.79 Å². The van der Waals surface area contributed by atoms with E-state index < -0.39 is 6.23 Å². The van der Waals surface area contributed by atoms with Crippen molar-refractivity contribution in [3.05, 3.63) is 99.0 Å². The van der Waals surface area contributed by atoms with Gasteiger partial charge >= 0.3 is 0 Å². The van der Waals surface area contributed by atoms with Crippen molar-refractivity contribution in [3.63, 3.8) is 0 Å². The molecule has 0 aromatic heterocycles. The van der Waals surface area contributed by atoms with E-state index in [0.717, 1.165) is 27.1 Å². The highest BCUT2D eigenvalue weighted by atomic mass is 79.9. The van der Waals surface area contributed by atoms with Gasteiger partial charge in [0.25, 0.3) is 6.23 Å². The first-order valence-electron chi connectivity index (χ1n) is 9.27. The van der Waals surface area contributed by atoms with Gasteiger partial charge in [0, 0.05) is 27.0 Å². The Kier molecular flexibility index (Phi) is 4.64. The first-order valence-corrected chi connectivity index (χ1v) is 10.4. The number of rotatable bonds is 3. The highest BCUT2D eigenvalue weighted by molar-refractivity contribution is 9.10. The number of ketones is 1. The molecule has 0 bridgehead atoms. The van der Waals surface area contributed by atoms with Gasteiger partial charge in [0.1, 0.15) is 5.75 Å². The molecule has 0 spiro atoms. The van der Waals surface area contributed by atoms with Crippen LogP contribution in [0.25, 0.3) is 0 Å².